The molecule has 1 aromatic rings. The van der Waals surface area contributed by atoms with Crippen LogP contribution < -0.4 is 5.32 Å². The molecule has 116 valence electrons. The second kappa shape index (κ2) is 6.47. The third-order valence-electron chi connectivity index (χ3n) is 3.71. The molecular weight excluding hydrogens is 283 g/mol. The molecule has 2 rings (SSSR count). The molecule has 1 heterocycles. The fraction of sp³-hybridized carbons (Fsp3) is 0.533. The van der Waals surface area contributed by atoms with Crippen molar-refractivity contribution in [1.82, 2.24) is 5.32 Å². The number of hydrogen-bond donors (Lipinski definition) is 1. The van der Waals surface area contributed by atoms with E-state index in [-0.39, 0.29) is 23.4 Å². The molecule has 1 saturated heterocycles. The summed E-state index contributed by atoms with van der Waals surface area (Å²) in [7, 11) is 1.34. The van der Waals surface area contributed by atoms with Crippen LogP contribution in [0.1, 0.15) is 23.5 Å². The highest BCUT2D eigenvalue weighted by molar-refractivity contribution is 5.72. The molecule has 1 aromatic carbocycles. The number of rotatable bonds is 3. The van der Waals surface area contributed by atoms with Gasteiger partial charge < -0.3 is 10.1 Å². The maximum Gasteiger partial charge on any atom is 0.393 e. The number of hydrogen-bond acceptors (Lipinski definition) is 3. The zero-order chi connectivity index (χ0) is 15.5. The van der Waals surface area contributed by atoms with Crippen molar-refractivity contribution < 1.29 is 22.7 Å². The molecule has 0 amide bonds. The van der Waals surface area contributed by atoms with Crippen molar-refractivity contribution in [2.24, 2.45) is 5.92 Å². The van der Waals surface area contributed by atoms with E-state index in [0.29, 0.717) is 19.5 Å². The van der Waals surface area contributed by atoms with E-state index in [1.807, 2.05) is 6.07 Å². The van der Waals surface area contributed by atoms with Crippen molar-refractivity contribution in [2.75, 3.05) is 20.2 Å². The van der Waals surface area contributed by atoms with Gasteiger partial charge >= 0.3 is 12.1 Å². The van der Waals surface area contributed by atoms with Gasteiger partial charge in [0.1, 0.15) is 0 Å². The van der Waals surface area contributed by atoms with Crippen LogP contribution in [0.5, 0.6) is 0 Å². The van der Waals surface area contributed by atoms with E-state index < -0.39 is 12.6 Å². The topological polar surface area (TPSA) is 38.3 Å². The summed E-state index contributed by atoms with van der Waals surface area (Å²) in [6.45, 7) is 1.20. The number of piperidine rings is 1. The number of methoxy groups -OCH3 is 1. The Kier molecular flexibility index (Phi) is 4.88. The third kappa shape index (κ3) is 4.46. The van der Waals surface area contributed by atoms with Gasteiger partial charge in [-0.05, 0) is 23.5 Å². The molecule has 1 fully saturated rings. The molecule has 0 aromatic heterocycles. The Hall–Kier alpha value is -1.56. The second-order valence-corrected chi connectivity index (χ2v) is 5.35. The Morgan fingerprint density at radius 3 is 2.81 bits per heavy atom. The summed E-state index contributed by atoms with van der Waals surface area (Å²) in [5.74, 6) is -0.505. The fourth-order valence-corrected chi connectivity index (χ4v) is 2.73. The first kappa shape index (κ1) is 15.8. The molecule has 2 atom stereocenters. The van der Waals surface area contributed by atoms with E-state index in [4.69, 9.17) is 4.74 Å². The molecular formula is C15H18F3NO2. The molecule has 1 aliphatic heterocycles. The van der Waals surface area contributed by atoms with Crippen molar-refractivity contribution in [1.29, 1.82) is 0 Å². The van der Waals surface area contributed by atoms with Crippen LogP contribution >= 0.6 is 0 Å². The molecule has 1 aliphatic rings. The average Bonchev–Trinajstić information content (AvgIpc) is 2.45. The Morgan fingerprint density at radius 1 is 1.38 bits per heavy atom. The molecule has 0 saturated carbocycles. The van der Waals surface area contributed by atoms with Gasteiger partial charge in [-0.25, -0.2) is 0 Å². The second-order valence-electron chi connectivity index (χ2n) is 5.35. The summed E-state index contributed by atoms with van der Waals surface area (Å²) in [4.78, 5) is 11.6. The zero-order valence-corrected chi connectivity index (χ0v) is 11.7. The Labute approximate surface area is 121 Å². The van der Waals surface area contributed by atoms with Crippen molar-refractivity contribution in [2.45, 2.75) is 24.9 Å². The number of ether oxygens (including phenoxy) is 1. The number of esters is 1. The fourth-order valence-electron chi connectivity index (χ4n) is 2.73. The Morgan fingerprint density at radius 2 is 2.14 bits per heavy atom. The van der Waals surface area contributed by atoms with Crippen LogP contribution in [-0.4, -0.2) is 32.3 Å². The van der Waals surface area contributed by atoms with Crippen molar-refractivity contribution in [3.8, 4) is 0 Å². The highest BCUT2D eigenvalue weighted by Gasteiger charge is 2.30. The lowest BCUT2D eigenvalue weighted by Crippen LogP contribution is -2.39. The first-order valence-electron chi connectivity index (χ1n) is 6.83. The minimum atomic E-state index is -4.21. The molecule has 1 N–H and O–H groups in total. The first-order valence-corrected chi connectivity index (χ1v) is 6.83. The lowest BCUT2D eigenvalue weighted by molar-refractivity contribution is -0.146. The molecule has 21 heavy (non-hydrogen) atoms. The predicted octanol–water partition coefficient (Wildman–Crippen LogP) is 2.66. The van der Waals surface area contributed by atoms with Gasteiger partial charge in [0.15, 0.2) is 0 Å². The summed E-state index contributed by atoms with van der Waals surface area (Å²) >= 11 is 0. The number of halogens is 3. The Balaban J connectivity index is 2.10. The minimum Gasteiger partial charge on any atom is -0.469 e. The Bertz CT molecular complexity index is 502. The summed E-state index contributed by atoms with van der Waals surface area (Å²) in [5, 5.41) is 3.14. The van der Waals surface area contributed by atoms with Gasteiger partial charge in [0.05, 0.1) is 19.4 Å². The number of carbonyl (C=O) groups is 1. The van der Waals surface area contributed by atoms with Crippen LogP contribution in [0.15, 0.2) is 24.3 Å². The number of alkyl halides is 3. The van der Waals surface area contributed by atoms with Gasteiger partial charge in [0.2, 0.25) is 0 Å². The standard InChI is InChI=1S/C15H18F3NO2/c1-21-14(20)13-6-12(8-19-9-13)11-4-2-3-10(5-11)7-15(16,17)18/h2-5,12-13,19H,6-9H2,1H3. The molecule has 6 heteroatoms. The maximum atomic E-state index is 12.5. The van der Waals surface area contributed by atoms with Gasteiger partial charge in [-0.15, -0.1) is 0 Å². The predicted molar refractivity (Wildman–Crippen MR) is 71.9 cm³/mol. The molecule has 0 bridgehead atoms. The van der Waals surface area contributed by atoms with E-state index >= 15 is 0 Å². The van der Waals surface area contributed by atoms with E-state index in [2.05, 4.69) is 5.32 Å². The van der Waals surface area contributed by atoms with Gasteiger partial charge in [-0.1, -0.05) is 24.3 Å². The van der Waals surface area contributed by atoms with Crippen molar-refractivity contribution in [3.63, 3.8) is 0 Å². The SMILES string of the molecule is COC(=O)C1CNCC(c2cccc(CC(F)(F)F)c2)C1. The summed E-state index contributed by atoms with van der Waals surface area (Å²) in [5.41, 5.74) is 1.08. The van der Waals surface area contributed by atoms with Gasteiger partial charge in [-0.2, -0.15) is 13.2 Å². The van der Waals surface area contributed by atoms with E-state index in [9.17, 15) is 18.0 Å². The molecule has 3 nitrogen and oxygen atoms in total. The molecule has 2 unspecified atom stereocenters. The average molecular weight is 301 g/mol. The zero-order valence-electron chi connectivity index (χ0n) is 11.7. The van der Waals surface area contributed by atoms with E-state index in [1.54, 1.807) is 12.1 Å². The van der Waals surface area contributed by atoms with Crippen molar-refractivity contribution >= 4 is 5.97 Å². The van der Waals surface area contributed by atoms with Crippen LogP contribution in [0.2, 0.25) is 0 Å². The summed E-state index contributed by atoms with van der Waals surface area (Å²) < 4.78 is 42.1. The minimum absolute atomic E-state index is 0.0241. The van der Waals surface area contributed by atoms with Crippen LogP contribution in [0.4, 0.5) is 13.2 Å². The quantitative estimate of drug-likeness (QED) is 0.872. The summed E-state index contributed by atoms with van der Waals surface area (Å²) in [6, 6.07) is 6.51. The van der Waals surface area contributed by atoms with Gasteiger partial charge in [-0.3, -0.25) is 4.79 Å². The maximum absolute atomic E-state index is 12.5. The largest absolute Gasteiger partial charge is 0.469 e. The van der Waals surface area contributed by atoms with E-state index in [1.165, 1.54) is 13.2 Å². The lowest BCUT2D eigenvalue weighted by Gasteiger charge is -2.29. The molecule has 0 spiro atoms. The van der Waals surface area contributed by atoms with Crippen LogP contribution in [-0.2, 0) is 16.0 Å². The summed E-state index contributed by atoms with van der Waals surface area (Å²) in [6.07, 6.45) is -4.55. The number of nitrogens with one attached hydrogen (secondary N) is 1. The van der Waals surface area contributed by atoms with Crippen LogP contribution in [0.25, 0.3) is 0 Å². The van der Waals surface area contributed by atoms with Crippen molar-refractivity contribution in [3.05, 3.63) is 35.4 Å². The number of benzene rings is 1. The molecule has 0 aliphatic carbocycles. The normalized spacial score (nSPS) is 22.9. The van der Waals surface area contributed by atoms with E-state index in [0.717, 1.165) is 5.56 Å². The van der Waals surface area contributed by atoms with Gasteiger partial charge in [0, 0.05) is 13.1 Å². The van der Waals surface area contributed by atoms with Crippen LogP contribution in [0.3, 0.4) is 0 Å². The lowest BCUT2D eigenvalue weighted by atomic mass is 9.85. The third-order valence-corrected chi connectivity index (χ3v) is 3.71. The smallest absolute Gasteiger partial charge is 0.393 e. The van der Waals surface area contributed by atoms with Gasteiger partial charge in [0.25, 0.3) is 0 Å². The van der Waals surface area contributed by atoms with Crippen LogP contribution in [0, 0.1) is 5.92 Å². The highest BCUT2D eigenvalue weighted by Crippen LogP contribution is 2.29. The monoisotopic (exact) mass is 301 g/mol. The first-order chi connectivity index (χ1) is 9.89. The highest BCUT2D eigenvalue weighted by atomic mass is 19.4. The number of carbonyl (C=O) groups excluding carboxylic acids is 1. The molecule has 0 radical (unpaired) electrons.